The summed E-state index contributed by atoms with van der Waals surface area (Å²) in [5.74, 6) is 0.317. The van der Waals surface area contributed by atoms with Crippen molar-refractivity contribution in [1.82, 2.24) is 19.4 Å². The third-order valence-corrected chi connectivity index (χ3v) is 4.82. The summed E-state index contributed by atoms with van der Waals surface area (Å²) in [6.07, 6.45) is 5.25. The molecule has 0 saturated carbocycles. The van der Waals surface area contributed by atoms with E-state index in [2.05, 4.69) is 19.8 Å². The molecule has 7 heteroatoms. The fourth-order valence-corrected chi connectivity index (χ4v) is 3.57. The van der Waals surface area contributed by atoms with E-state index in [0.29, 0.717) is 28.5 Å². The Morgan fingerprint density at radius 2 is 1.83 bits per heavy atom. The summed E-state index contributed by atoms with van der Waals surface area (Å²) in [6, 6.07) is 15.0. The quantitative estimate of drug-likeness (QED) is 0.352. The first-order valence-corrected chi connectivity index (χ1v) is 8.91. The van der Waals surface area contributed by atoms with Crippen molar-refractivity contribution in [3.05, 3.63) is 78.5 Å². The third kappa shape index (κ3) is 2.63. The summed E-state index contributed by atoms with van der Waals surface area (Å²) in [5, 5.41) is 0.924. The number of nitrogen functional groups attached to an aromatic ring is 2. The van der Waals surface area contributed by atoms with Crippen molar-refractivity contribution >= 4 is 33.7 Å². The Morgan fingerprint density at radius 1 is 0.931 bits per heavy atom. The Hall–Kier alpha value is -4.44. The number of pyridine rings is 1. The highest BCUT2D eigenvalue weighted by Crippen LogP contribution is 2.36. The van der Waals surface area contributed by atoms with Gasteiger partial charge in [0.15, 0.2) is 17.2 Å². The maximum atomic E-state index is 7.33. The lowest BCUT2D eigenvalue weighted by atomic mass is 10.0. The fraction of sp³-hybridized carbons (Fsp3) is 0. The molecular formula is C22H15N7. The minimum Gasteiger partial charge on any atom is -0.397 e. The molecule has 138 valence electrons. The molecule has 0 aliphatic rings. The zero-order valence-corrected chi connectivity index (χ0v) is 15.2. The van der Waals surface area contributed by atoms with E-state index in [1.807, 2.05) is 47.0 Å². The smallest absolute Gasteiger partial charge is 0.187 e. The molecule has 3 heterocycles. The van der Waals surface area contributed by atoms with Gasteiger partial charge in [0, 0.05) is 29.5 Å². The summed E-state index contributed by atoms with van der Waals surface area (Å²) in [7, 11) is 0. The molecule has 0 bridgehead atoms. The van der Waals surface area contributed by atoms with Crippen LogP contribution in [0.2, 0.25) is 0 Å². The van der Waals surface area contributed by atoms with Crippen molar-refractivity contribution in [3.8, 4) is 22.5 Å². The van der Waals surface area contributed by atoms with Crippen LogP contribution in [0.5, 0.6) is 0 Å². The van der Waals surface area contributed by atoms with Gasteiger partial charge in [-0.1, -0.05) is 24.3 Å². The summed E-state index contributed by atoms with van der Waals surface area (Å²) in [6.45, 7) is 7.33. The molecular weight excluding hydrogens is 362 g/mol. The third-order valence-electron chi connectivity index (χ3n) is 4.82. The second kappa shape index (κ2) is 6.32. The predicted molar refractivity (Wildman–Crippen MR) is 114 cm³/mol. The lowest BCUT2D eigenvalue weighted by molar-refractivity contribution is 1.15. The molecule has 0 radical (unpaired) electrons. The molecule has 0 unspecified atom stereocenters. The van der Waals surface area contributed by atoms with Crippen molar-refractivity contribution in [2.75, 3.05) is 11.5 Å². The number of imidazole rings is 1. The van der Waals surface area contributed by atoms with E-state index in [-0.39, 0.29) is 0 Å². The molecule has 0 spiro atoms. The lowest BCUT2D eigenvalue weighted by Crippen LogP contribution is -2.04. The molecule has 29 heavy (non-hydrogen) atoms. The summed E-state index contributed by atoms with van der Waals surface area (Å²) in [4.78, 5) is 16.9. The Balaban J connectivity index is 1.89. The number of anilines is 2. The topological polar surface area (TPSA) is 99.5 Å². The largest absolute Gasteiger partial charge is 0.397 e. The summed E-state index contributed by atoms with van der Waals surface area (Å²) >= 11 is 0. The number of nitrogens with zero attached hydrogens (tertiary/aromatic N) is 5. The summed E-state index contributed by atoms with van der Waals surface area (Å²) in [5.41, 5.74) is 18.0. The van der Waals surface area contributed by atoms with E-state index in [4.69, 9.17) is 18.0 Å². The van der Waals surface area contributed by atoms with Crippen LogP contribution < -0.4 is 11.5 Å². The zero-order valence-electron chi connectivity index (χ0n) is 15.2. The Bertz CT molecular complexity index is 1440. The second-order valence-corrected chi connectivity index (χ2v) is 6.62. The number of hydrogen-bond acceptors (Lipinski definition) is 5. The van der Waals surface area contributed by atoms with Crippen LogP contribution in [-0.4, -0.2) is 19.4 Å². The van der Waals surface area contributed by atoms with Crippen LogP contribution in [0, 0.1) is 6.57 Å². The fourth-order valence-electron chi connectivity index (χ4n) is 3.57. The average Bonchev–Trinajstić information content (AvgIpc) is 3.24. The van der Waals surface area contributed by atoms with Crippen LogP contribution in [0.15, 0.2) is 67.1 Å². The van der Waals surface area contributed by atoms with Gasteiger partial charge in [0.1, 0.15) is 0 Å². The Kier molecular flexibility index (Phi) is 3.64. The first-order valence-electron chi connectivity index (χ1n) is 8.91. The molecule has 5 aromatic rings. The van der Waals surface area contributed by atoms with Gasteiger partial charge in [-0.05, 0) is 29.8 Å². The summed E-state index contributed by atoms with van der Waals surface area (Å²) < 4.78 is 1.90. The number of rotatable bonds is 2. The number of benzene rings is 2. The molecule has 0 atom stereocenters. The number of fused-ring (bicyclic) bond motifs is 2. The standard InChI is InChI=1S/C22H15N7/c1-25-16-6-2-4-14(11-16)19-20(29-9-8-27-22(29)21(24)28-19)15-10-13-5-3-7-26-18(13)17(23)12-15/h2-12H,23H2,(H2,24,28). The van der Waals surface area contributed by atoms with Crippen LogP contribution >= 0.6 is 0 Å². The van der Waals surface area contributed by atoms with Crippen LogP contribution in [0.3, 0.4) is 0 Å². The van der Waals surface area contributed by atoms with E-state index in [9.17, 15) is 0 Å². The second-order valence-electron chi connectivity index (χ2n) is 6.62. The van der Waals surface area contributed by atoms with Crippen molar-refractivity contribution in [2.45, 2.75) is 0 Å². The first-order chi connectivity index (χ1) is 14.2. The lowest BCUT2D eigenvalue weighted by Gasteiger charge is -2.15. The highest BCUT2D eigenvalue weighted by molar-refractivity contribution is 5.96. The van der Waals surface area contributed by atoms with Gasteiger partial charge in [-0.25, -0.2) is 14.8 Å². The molecule has 0 saturated heterocycles. The van der Waals surface area contributed by atoms with Gasteiger partial charge in [-0.3, -0.25) is 9.38 Å². The van der Waals surface area contributed by atoms with Gasteiger partial charge in [0.05, 0.1) is 29.2 Å². The molecule has 0 aliphatic carbocycles. The van der Waals surface area contributed by atoms with Crippen molar-refractivity contribution in [1.29, 1.82) is 0 Å². The zero-order chi connectivity index (χ0) is 20.0. The maximum Gasteiger partial charge on any atom is 0.187 e. The van der Waals surface area contributed by atoms with E-state index in [1.165, 1.54) is 0 Å². The van der Waals surface area contributed by atoms with Gasteiger partial charge in [0.25, 0.3) is 0 Å². The van der Waals surface area contributed by atoms with Crippen LogP contribution in [-0.2, 0) is 0 Å². The normalized spacial score (nSPS) is 11.0. The predicted octanol–water partition coefficient (Wildman–Crippen LogP) is 4.33. The van der Waals surface area contributed by atoms with E-state index in [1.54, 1.807) is 24.5 Å². The molecule has 0 amide bonds. The van der Waals surface area contributed by atoms with Gasteiger partial charge in [0.2, 0.25) is 0 Å². The minimum atomic E-state index is 0.317. The molecule has 3 aromatic heterocycles. The van der Waals surface area contributed by atoms with Gasteiger partial charge in [-0.2, -0.15) is 0 Å². The molecule has 4 N–H and O–H groups in total. The Morgan fingerprint density at radius 3 is 2.69 bits per heavy atom. The SMILES string of the molecule is [C-]#[N+]c1cccc(-c2nc(N)c3nccn3c2-c2cc(N)c3ncccc3c2)c1. The monoisotopic (exact) mass is 377 g/mol. The van der Waals surface area contributed by atoms with Crippen molar-refractivity contribution in [3.63, 3.8) is 0 Å². The van der Waals surface area contributed by atoms with E-state index in [0.717, 1.165) is 27.7 Å². The highest BCUT2D eigenvalue weighted by Gasteiger charge is 2.18. The highest BCUT2D eigenvalue weighted by atomic mass is 15.1. The van der Waals surface area contributed by atoms with E-state index >= 15 is 0 Å². The molecule has 2 aromatic carbocycles. The van der Waals surface area contributed by atoms with Crippen LogP contribution in [0.25, 0.3) is 43.9 Å². The van der Waals surface area contributed by atoms with Crippen LogP contribution in [0.4, 0.5) is 17.2 Å². The van der Waals surface area contributed by atoms with Gasteiger partial charge >= 0.3 is 0 Å². The number of nitrogens with two attached hydrogens (primary N) is 2. The molecule has 0 aliphatic heterocycles. The van der Waals surface area contributed by atoms with E-state index < -0.39 is 0 Å². The molecule has 7 nitrogen and oxygen atoms in total. The molecule has 0 fully saturated rings. The van der Waals surface area contributed by atoms with Gasteiger partial charge < -0.3 is 11.5 Å². The number of aromatic nitrogens is 4. The van der Waals surface area contributed by atoms with Crippen molar-refractivity contribution < 1.29 is 0 Å². The Labute approximate surface area is 166 Å². The minimum absolute atomic E-state index is 0.317. The van der Waals surface area contributed by atoms with Crippen molar-refractivity contribution in [2.24, 2.45) is 0 Å². The molecule has 5 rings (SSSR count). The maximum absolute atomic E-state index is 7.33. The number of hydrogen-bond donors (Lipinski definition) is 2. The first kappa shape index (κ1) is 16.7. The average molecular weight is 377 g/mol. The van der Waals surface area contributed by atoms with Gasteiger partial charge in [-0.15, -0.1) is 0 Å². The van der Waals surface area contributed by atoms with Crippen LogP contribution in [0.1, 0.15) is 0 Å².